The highest BCUT2D eigenvalue weighted by atomic mass is 32.2. The minimum absolute atomic E-state index is 0.0413. The second kappa shape index (κ2) is 8.73. The third-order valence-electron chi connectivity index (χ3n) is 4.10. The quantitative estimate of drug-likeness (QED) is 0.632. The van der Waals surface area contributed by atoms with Gasteiger partial charge in [0.1, 0.15) is 5.75 Å². The Morgan fingerprint density at radius 2 is 1.89 bits per heavy atom. The van der Waals surface area contributed by atoms with E-state index in [4.69, 9.17) is 4.74 Å². The smallest absolute Gasteiger partial charge is 0.235 e. The number of ether oxygens (including phenoxy) is 1. The maximum atomic E-state index is 12.6. The highest BCUT2D eigenvalue weighted by Crippen LogP contribution is 2.25. The Morgan fingerprint density at radius 3 is 2.56 bits per heavy atom. The Kier molecular flexibility index (Phi) is 6.13. The van der Waals surface area contributed by atoms with E-state index in [1.165, 1.54) is 11.8 Å². The Hall–Kier alpha value is -2.80. The van der Waals surface area contributed by atoms with Gasteiger partial charge in [-0.2, -0.15) is 0 Å². The van der Waals surface area contributed by atoms with Gasteiger partial charge in [0.2, 0.25) is 11.1 Å². The van der Waals surface area contributed by atoms with Crippen LogP contribution in [-0.4, -0.2) is 45.4 Å². The largest absolute Gasteiger partial charge is 0.497 e. The fourth-order valence-corrected chi connectivity index (χ4v) is 3.47. The van der Waals surface area contributed by atoms with Gasteiger partial charge in [-0.1, -0.05) is 42.1 Å². The summed E-state index contributed by atoms with van der Waals surface area (Å²) in [5.74, 6) is 1.49. The van der Waals surface area contributed by atoms with Gasteiger partial charge in [0, 0.05) is 19.2 Å². The number of methoxy groups -OCH3 is 1. The van der Waals surface area contributed by atoms with E-state index in [1.807, 2.05) is 68.6 Å². The molecule has 1 aromatic heterocycles. The fraction of sp³-hybridized carbons (Fsp3) is 0.250. The van der Waals surface area contributed by atoms with Gasteiger partial charge in [-0.3, -0.25) is 9.89 Å². The van der Waals surface area contributed by atoms with Crippen molar-refractivity contribution in [3.63, 3.8) is 0 Å². The van der Waals surface area contributed by atoms with Crippen molar-refractivity contribution in [3.8, 4) is 17.1 Å². The van der Waals surface area contributed by atoms with Crippen molar-refractivity contribution in [2.24, 2.45) is 0 Å². The van der Waals surface area contributed by atoms with Gasteiger partial charge >= 0.3 is 0 Å². The number of thioether (sulfide) groups is 1. The number of nitrogens with zero attached hydrogens (tertiary/aromatic N) is 3. The average molecular weight is 382 g/mol. The molecule has 27 heavy (non-hydrogen) atoms. The number of carbonyl (C=O) groups excluding carboxylic acids is 1. The Morgan fingerprint density at radius 1 is 1.19 bits per heavy atom. The molecule has 0 unspecified atom stereocenters. The molecule has 0 saturated heterocycles. The predicted octanol–water partition coefficient (Wildman–Crippen LogP) is 3.62. The monoisotopic (exact) mass is 382 g/mol. The first-order valence-electron chi connectivity index (χ1n) is 8.59. The van der Waals surface area contributed by atoms with Crippen LogP contribution in [0.3, 0.4) is 0 Å². The van der Waals surface area contributed by atoms with E-state index >= 15 is 0 Å². The minimum Gasteiger partial charge on any atom is -0.497 e. The third-order valence-corrected chi connectivity index (χ3v) is 5.05. The van der Waals surface area contributed by atoms with E-state index in [-0.39, 0.29) is 11.2 Å². The molecule has 0 radical (unpaired) electrons. The lowest BCUT2D eigenvalue weighted by molar-refractivity contribution is -0.129. The number of amides is 1. The van der Waals surface area contributed by atoms with Gasteiger partial charge in [0.25, 0.3) is 0 Å². The molecule has 0 aliphatic carbocycles. The number of hydrogen-bond acceptors (Lipinski definition) is 5. The van der Waals surface area contributed by atoms with Crippen LogP contribution in [-0.2, 0) is 11.3 Å². The van der Waals surface area contributed by atoms with E-state index in [9.17, 15) is 4.79 Å². The van der Waals surface area contributed by atoms with Crippen LogP contribution in [0.15, 0.2) is 59.8 Å². The van der Waals surface area contributed by atoms with Crippen molar-refractivity contribution < 1.29 is 9.53 Å². The van der Waals surface area contributed by atoms with Crippen molar-refractivity contribution >= 4 is 17.7 Å². The van der Waals surface area contributed by atoms with Crippen LogP contribution in [0.2, 0.25) is 0 Å². The summed E-state index contributed by atoms with van der Waals surface area (Å²) >= 11 is 1.34. The molecule has 0 bridgehead atoms. The first-order chi connectivity index (χ1) is 13.1. The molecule has 0 fully saturated rings. The van der Waals surface area contributed by atoms with E-state index in [1.54, 1.807) is 12.0 Å². The zero-order valence-corrected chi connectivity index (χ0v) is 16.4. The number of aromatic amines is 1. The molecule has 0 aliphatic heterocycles. The normalized spacial score (nSPS) is 11.8. The molecule has 3 rings (SSSR count). The fourth-order valence-electron chi connectivity index (χ4n) is 2.63. The van der Waals surface area contributed by atoms with E-state index < -0.39 is 0 Å². The lowest BCUT2D eigenvalue weighted by atomic mass is 10.2. The summed E-state index contributed by atoms with van der Waals surface area (Å²) in [6, 6.07) is 17.5. The van der Waals surface area contributed by atoms with Crippen molar-refractivity contribution in [3.05, 3.63) is 60.2 Å². The molecule has 1 atom stereocenters. The topological polar surface area (TPSA) is 71.1 Å². The van der Waals surface area contributed by atoms with E-state index in [0.717, 1.165) is 16.9 Å². The molecular weight excluding hydrogens is 360 g/mol. The van der Waals surface area contributed by atoms with Crippen LogP contribution in [0.4, 0.5) is 0 Å². The van der Waals surface area contributed by atoms with Crippen molar-refractivity contribution in [2.45, 2.75) is 23.9 Å². The highest BCUT2D eigenvalue weighted by molar-refractivity contribution is 8.00. The zero-order chi connectivity index (χ0) is 19.2. The van der Waals surface area contributed by atoms with E-state index in [2.05, 4.69) is 15.2 Å². The standard InChI is InChI=1S/C20H22N4O2S/c1-14(19(25)24(2)13-15-7-5-4-6-8-15)27-20-21-18(22-23-20)16-9-11-17(26-3)12-10-16/h4-12,14H,13H2,1-3H3,(H,21,22,23)/t14-/m1/s1. The lowest BCUT2D eigenvalue weighted by Crippen LogP contribution is -2.32. The van der Waals surface area contributed by atoms with Crippen LogP contribution in [0.1, 0.15) is 12.5 Å². The van der Waals surface area contributed by atoms with Gasteiger partial charge in [-0.05, 0) is 36.8 Å². The summed E-state index contributed by atoms with van der Waals surface area (Å²) < 4.78 is 5.16. The Bertz CT molecular complexity index is 881. The minimum atomic E-state index is -0.279. The highest BCUT2D eigenvalue weighted by Gasteiger charge is 2.21. The van der Waals surface area contributed by atoms with Crippen LogP contribution in [0, 0.1) is 0 Å². The third kappa shape index (κ3) is 4.89. The Labute approximate surface area is 163 Å². The predicted molar refractivity (Wildman–Crippen MR) is 107 cm³/mol. The molecule has 1 N–H and O–H groups in total. The summed E-state index contributed by atoms with van der Waals surface area (Å²) in [4.78, 5) is 18.8. The summed E-state index contributed by atoms with van der Waals surface area (Å²) in [6.45, 7) is 2.45. The lowest BCUT2D eigenvalue weighted by Gasteiger charge is -2.20. The van der Waals surface area contributed by atoms with Gasteiger partial charge in [-0.25, -0.2) is 4.98 Å². The number of hydrogen-bond donors (Lipinski definition) is 1. The van der Waals surface area contributed by atoms with Crippen LogP contribution in [0.5, 0.6) is 5.75 Å². The molecular formula is C20H22N4O2S. The summed E-state index contributed by atoms with van der Waals surface area (Å²) in [5.41, 5.74) is 2.01. The number of nitrogens with one attached hydrogen (secondary N) is 1. The van der Waals surface area contributed by atoms with Crippen LogP contribution < -0.4 is 4.74 Å². The number of rotatable bonds is 7. The van der Waals surface area contributed by atoms with Crippen molar-refractivity contribution in [2.75, 3.05) is 14.2 Å². The molecule has 0 aliphatic rings. The molecule has 1 heterocycles. The number of H-pyrrole nitrogens is 1. The molecule has 7 heteroatoms. The molecule has 2 aromatic carbocycles. The van der Waals surface area contributed by atoms with Gasteiger partial charge < -0.3 is 9.64 Å². The molecule has 3 aromatic rings. The first-order valence-corrected chi connectivity index (χ1v) is 9.47. The molecule has 140 valence electrons. The van der Waals surface area contributed by atoms with Gasteiger partial charge in [-0.15, -0.1) is 5.10 Å². The SMILES string of the molecule is COc1ccc(-c2nc(S[C@H](C)C(=O)N(C)Cc3ccccc3)n[nH]2)cc1. The number of carbonyl (C=O) groups is 1. The molecule has 1 amide bonds. The second-order valence-corrected chi connectivity index (χ2v) is 7.44. The summed E-state index contributed by atoms with van der Waals surface area (Å²) in [5, 5.41) is 7.42. The van der Waals surface area contributed by atoms with Gasteiger partial charge in [0.15, 0.2) is 5.82 Å². The van der Waals surface area contributed by atoms with Crippen LogP contribution >= 0.6 is 11.8 Å². The zero-order valence-electron chi connectivity index (χ0n) is 15.5. The molecule has 0 saturated carbocycles. The maximum absolute atomic E-state index is 12.6. The number of benzene rings is 2. The van der Waals surface area contributed by atoms with Crippen LogP contribution in [0.25, 0.3) is 11.4 Å². The van der Waals surface area contributed by atoms with Crippen molar-refractivity contribution in [1.82, 2.24) is 20.1 Å². The van der Waals surface area contributed by atoms with Crippen molar-refractivity contribution in [1.29, 1.82) is 0 Å². The maximum Gasteiger partial charge on any atom is 0.235 e. The Balaban J connectivity index is 1.61. The second-order valence-electron chi connectivity index (χ2n) is 6.14. The first kappa shape index (κ1) is 19.0. The number of aromatic nitrogens is 3. The molecule has 0 spiro atoms. The summed E-state index contributed by atoms with van der Waals surface area (Å²) in [6.07, 6.45) is 0. The summed E-state index contributed by atoms with van der Waals surface area (Å²) in [7, 11) is 3.44. The molecule has 6 nitrogen and oxygen atoms in total. The van der Waals surface area contributed by atoms with E-state index in [0.29, 0.717) is 17.5 Å². The average Bonchev–Trinajstić information content (AvgIpc) is 3.16. The van der Waals surface area contributed by atoms with Gasteiger partial charge in [0.05, 0.1) is 12.4 Å².